The van der Waals surface area contributed by atoms with Gasteiger partial charge in [0.05, 0.1) is 5.69 Å². The van der Waals surface area contributed by atoms with E-state index < -0.39 is 0 Å². The van der Waals surface area contributed by atoms with Crippen molar-refractivity contribution < 1.29 is 4.79 Å². The molecule has 0 saturated carbocycles. The van der Waals surface area contributed by atoms with E-state index in [4.69, 9.17) is 10.5 Å². The van der Waals surface area contributed by atoms with Crippen molar-refractivity contribution in [2.75, 3.05) is 16.9 Å². The quantitative estimate of drug-likeness (QED) is 0.669. The lowest BCUT2D eigenvalue weighted by Gasteiger charge is -2.17. The summed E-state index contributed by atoms with van der Waals surface area (Å²) >= 11 is 0. The summed E-state index contributed by atoms with van der Waals surface area (Å²) in [5, 5.41) is 21.0. The Hall–Kier alpha value is -2.86. The Kier molecular flexibility index (Phi) is 3.97. The Morgan fingerprint density at radius 1 is 1.40 bits per heavy atom. The minimum absolute atomic E-state index is 0.109. The number of hydrogen-bond donors (Lipinski definition) is 1. The second-order valence-electron chi connectivity index (χ2n) is 4.44. The van der Waals surface area contributed by atoms with Gasteiger partial charge in [0, 0.05) is 18.7 Å². The minimum Gasteiger partial charge on any atom is -0.312 e. The lowest BCUT2D eigenvalue weighted by molar-refractivity contribution is -0.117. The summed E-state index contributed by atoms with van der Waals surface area (Å²) in [7, 11) is 0. The van der Waals surface area contributed by atoms with Gasteiger partial charge in [-0.1, -0.05) is 6.07 Å². The van der Waals surface area contributed by atoms with E-state index in [9.17, 15) is 4.79 Å². The molecule has 1 N–H and O–H groups in total. The number of carbonyl (C=O) groups excluding carboxylic acids is 1. The maximum absolute atomic E-state index is 11.7. The molecule has 1 saturated heterocycles. The van der Waals surface area contributed by atoms with Crippen LogP contribution in [0.3, 0.4) is 0 Å². The molecule has 6 nitrogen and oxygen atoms in total. The van der Waals surface area contributed by atoms with Crippen LogP contribution in [0, 0.1) is 29.6 Å². The van der Waals surface area contributed by atoms with E-state index >= 15 is 0 Å². The first kappa shape index (κ1) is 13.6. The molecule has 0 unspecified atom stereocenters. The van der Waals surface area contributed by atoms with Gasteiger partial charge in [-0.2, -0.15) is 15.6 Å². The smallest absolute Gasteiger partial charge is 0.237 e. The van der Waals surface area contributed by atoms with Crippen molar-refractivity contribution in [3.63, 3.8) is 0 Å². The summed E-state index contributed by atoms with van der Waals surface area (Å²) in [4.78, 5) is 13.4. The second kappa shape index (κ2) is 5.85. The molecule has 0 spiro atoms. The molecule has 0 bridgehead atoms. The Labute approximate surface area is 116 Å². The minimum atomic E-state index is -0.243. The van der Waals surface area contributed by atoms with Gasteiger partial charge >= 0.3 is 0 Å². The molecule has 1 aromatic rings. The average molecular weight is 267 g/mol. The molecule has 1 fully saturated rings. The Morgan fingerprint density at radius 2 is 2.15 bits per heavy atom. The van der Waals surface area contributed by atoms with Gasteiger partial charge in [0.2, 0.25) is 11.6 Å². The van der Waals surface area contributed by atoms with Crippen LogP contribution in [0.25, 0.3) is 0 Å². The molecule has 1 heterocycles. The number of nitriles is 2. The Bertz CT molecular complexity index is 635. The lowest BCUT2D eigenvalue weighted by Crippen LogP contribution is -2.23. The number of carbonyl (C=O) groups is 1. The number of hydrazone groups is 1. The SMILES string of the molecule is Cc1ccc(N2CCCC2=O)cc1NN=C(C#N)C#N. The number of anilines is 2. The summed E-state index contributed by atoms with van der Waals surface area (Å²) in [5.41, 5.74) is 4.84. The van der Waals surface area contributed by atoms with E-state index in [0.29, 0.717) is 18.7 Å². The highest BCUT2D eigenvalue weighted by atomic mass is 16.2. The zero-order valence-electron chi connectivity index (χ0n) is 11.1. The van der Waals surface area contributed by atoms with Crippen molar-refractivity contribution in [1.82, 2.24) is 0 Å². The van der Waals surface area contributed by atoms with Crippen molar-refractivity contribution in [3.05, 3.63) is 23.8 Å². The van der Waals surface area contributed by atoms with Gasteiger partial charge in [-0.3, -0.25) is 10.2 Å². The van der Waals surface area contributed by atoms with Crippen LogP contribution >= 0.6 is 0 Å². The van der Waals surface area contributed by atoms with Crippen molar-refractivity contribution in [2.45, 2.75) is 19.8 Å². The van der Waals surface area contributed by atoms with Gasteiger partial charge in [0.1, 0.15) is 12.1 Å². The van der Waals surface area contributed by atoms with Gasteiger partial charge in [0.15, 0.2) is 0 Å². The molecule has 0 aliphatic carbocycles. The highest BCUT2D eigenvalue weighted by molar-refractivity contribution is 6.10. The Balaban J connectivity index is 2.26. The Morgan fingerprint density at radius 3 is 2.75 bits per heavy atom. The van der Waals surface area contributed by atoms with Crippen LogP contribution in [0.5, 0.6) is 0 Å². The summed E-state index contributed by atoms with van der Waals surface area (Å²) in [6.45, 7) is 2.60. The van der Waals surface area contributed by atoms with Gasteiger partial charge in [-0.25, -0.2) is 0 Å². The van der Waals surface area contributed by atoms with E-state index in [1.165, 1.54) is 0 Å². The first-order valence-electron chi connectivity index (χ1n) is 6.20. The van der Waals surface area contributed by atoms with Crippen LogP contribution in [-0.2, 0) is 4.79 Å². The third-order valence-corrected chi connectivity index (χ3v) is 3.11. The molecule has 1 amide bonds. The predicted molar refractivity (Wildman–Crippen MR) is 75.0 cm³/mol. The zero-order valence-corrected chi connectivity index (χ0v) is 11.1. The maximum atomic E-state index is 11.7. The molecule has 20 heavy (non-hydrogen) atoms. The molecule has 0 aromatic heterocycles. The van der Waals surface area contributed by atoms with Gasteiger partial charge < -0.3 is 4.90 Å². The first-order chi connectivity index (χ1) is 9.65. The van der Waals surface area contributed by atoms with Crippen LogP contribution in [0.1, 0.15) is 18.4 Å². The van der Waals surface area contributed by atoms with E-state index in [-0.39, 0.29) is 11.6 Å². The number of benzene rings is 1. The van der Waals surface area contributed by atoms with E-state index in [1.54, 1.807) is 23.1 Å². The monoisotopic (exact) mass is 267 g/mol. The number of aryl methyl sites for hydroxylation is 1. The fourth-order valence-corrected chi connectivity index (χ4v) is 2.01. The highest BCUT2D eigenvalue weighted by Gasteiger charge is 2.21. The average Bonchev–Trinajstić information content (AvgIpc) is 2.88. The third-order valence-electron chi connectivity index (χ3n) is 3.11. The maximum Gasteiger partial charge on any atom is 0.237 e. The summed E-state index contributed by atoms with van der Waals surface area (Å²) in [5.74, 6) is 0.109. The predicted octanol–water partition coefficient (Wildman–Crippen LogP) is 1.94. The van der Waals surface area contributed by atoms with Crippen LogP contribution in [-0.4, -0.2) is 18.2 Å². The topological polar surface area (TPSA) is 92.3 Å². The summed E-state index contributed by atoms with van der Waals surface area (Å²) in [6.07, 6.45) is 1.43. The zero-order chi connectivity index (χ0) is 14.5. The van der Waals surface area contributed by atoms with E-state index in [0.717, 1.165) is 17.7 Å². The molecule has 1 aliphatic heterocycles. The molecule has 6 heteroatoms. The van der Waals surface area contributed by atoms with Crippen LogP contribution < -0.4 is 10.3 Å². The van der Waals surface area contributed by atoms with Gasteiger partial charge in [0.25, 0.3) is 0 Å². The molecule has 0 atom stereocenters. The molecule has 0 radical (unpaired) electrons. The summed E-state index contributed by atoms with van der Waals surface area (Å²) < 4.78 is 0. The normalized spacial score (nSPS) is 13.6. The molecule has 1 aromatic carbocycles. The van der Waals surface area contributed by atoms with Crippen LogP contribution in [0.2, 0.25) is 0 Å². The van der Waals surface area contributed by atoms with Crippen molar-refractivity contribution in [3.8, 4) is 12.1 Å². The molecule has 1 aliphatic rings. The van der Waals surface area contributed by atoms with Crippen molar-refractivity contribution in [2.24, 2.45) is 5.10 Å². The number of hydrogen-bond acceptors (Lipinski definition) is 5. The molecular formula is C14H13N5O. The van der Waals surface area contributed by atoms with Gasteiger partial charge in [-0.15, -0.1) is 0 Å². The molecule has 100 valence electrons. The first-order valence-corrected chi connectivity index (χ1v) is 6.20. The van der Waals surface area contributed by atoms with Crippen molar-refractivity contribution >= 4 is 23.0 Å². The number of rotatable bonds is 3. The largest absolute Gasteiger partial charge is 0.312 e. The van der Waals surface area contributed by atoms with Crippen molar-refractivity contribution in [1.29, 1.82) is 10.5 Å². The van der Waals surface area contributed by atoms with E-state index in [1.807, 2.05) is 19.1 Å². The number of amides is 1. The molecular weight excluding hydrogens is 254 g/mol. The fraction of sp³-hybridized carbons (Fsp3) is 0.286. The highest BCUT2D eigenvalue weighted by Crippen LogP contribution is 2.26. The molecule has 2 rings (SSSR count). The van der Waals surface area contributed by atoms with Crippen LogP contribution in [0.4, 0.5) is 11.4 Å². The summed E-state index contributed by atoms with van der Waals surface area (Å²) in [6, 6.07) is 8.91. The number of nitrogens with one attached hydrogen (secondary N) is 1. The van der Waals surface area contributed by atoms with Crippen LogP contribution in [0.15, 0.2) is 23.3 Å². The third kappa shape index (κ3) is 2.76. The lowest BCUT2D eigenvalue weighted by atomic mass is 10.1. The van der Waals surface area contributed by atoms with Gasteiger partial charge in [-0.05, 0) is 31.0 Å². The van der Waals surface area contributed by atoms with E-state index in [2.05, 4.69) is 10.5 Å². The number of nitrogens with zero attached hydrogens (tertiary/aromatic N) is 4. The fourth-order valence-electron chi connectivity index (χ4n) is 2.01. The second-order valence-corrected chi connectivity index (χ2v) is 4.44. The standard InChI is InChI=1S/C14H13N5O/c1-10-4-5-12(19-6-2-3-14(19)20)7-13(10)18-17-11(8-15)9-16/h4-5,7,18H,2-3,6H2,1H3.